The molecule has 0 nitrogen and oxygen atoms in total. The maximum atomic E-state index is 2.69. The van der Waals surface area contributed by atoms with Gasteiger partial charge in [0.15, 0.2) is 0 Å². The molecule has 3 saturated carbocycles. The summed E-state index contributed by atoms with van der Waals surface area (Å²) < 4.78 is 0. The lowest BCUT2D eigenvalue weighted by Crippen LogP contribution is -2.47. The first kappa shape index (κ1) is 31.0. The summed E-state index contributed by atoms with van der Waals surface area (Å²) in [6.07, 6.45) is 16.5. The summed E-state index contributed by atoms with van der Waals surface area (Å²) in [4.78, 5) is 0. The predicted octanol–water partition coefficient (Wildman–Crippen LogP) is 11.4. The van der Waals surface area contributed by atoms with E-state index in [4.69, 9.17) is 0 Å². The summed E-state index contributed by atoms with van der Waals surface area (Å²) in [5, 5.41) is 0. The maximum absolute atomic E-state index is 2.69. The molecule has 0 aromatic carbocycles. The Morgan fingerprint density at radius 2 is 1.39 bits per heavy atom. The van der Waals surface area contributed by atoms with Crippen LogP contribution in [0.3, 0.4) is 0 Å². The largest absolute Gasteiger partial charge is 0.0683 e. The molecule has 0 bridgehead atoms. The Balaban J connectivity index is 0.000000360. The standard InChI is InChI=1S/C20H36.C11H24.C2H6/c1-15-9-13-20(4)17(14-15)8-7-16-6-5-11-19(2,3)12-10-18(16)20;1-7-9(4)11(6)10(5)8(2)3;1-2/h15-18H,5-14H2,1-4H3;8-11H,7H2,1-6H3;1-2H3. The van der Waals surface area contributed by atoms with Crippen LogP contribution < -0.4 is 0 Å². The third kappa shape index (κ3) is 8.56. The lowest BCUT2D eigenvalue weighted by Gasteiger charge is -2.56. The summed E-state index contributed by atoms with van der Waals surface area (Å²) in [7, 11) is 0. The second kappa shape index (κ2) is 13.9. The van der Waals surface area contributed by atoms with Crippen LogP contribution in [0.15, 0.2) is 0 Å². The minimum absolute atomic E-state index is 0.607. The van der Waals surface area contributed by atoms with E-state index in [9.17, 15) is 0 Å². The second-order valence-corrected chi connectivity index (χ2v) is 14.0. The van der Waals surface area contributed by atoms with Gasteiger partial charge in [0.05, 0.1) is 0 Å². The molecule has 8 atom stereocenters. The molecule has 3 aliphatic carbocycles. The van der Waals surface area contributed by atoms with Crippen LogP contribution in [0.2, 0.25) is 0 Å². The van der Waals surface area contributed by atoms with Crippen molar-refractivity contribution in [1.82, 2.24) is 0 Å². The van der Waals surface area contributed by atoms with Gasteiger partial charge in [-0.1, -0.05) is 109 Å². The summed E-state index contributed by atoms with van der Waals surface area (Å²) in [5.74, 6) is 7.62. The van der Waals surface area contributed by atoms with E-state index in [1.54, 1.807) is 12.8 Å². The van der Waals surface area contributed by atoms with Crippen molar-refractivity contribution < 1.29 is 0 Å². The van der Waals surface area contributed by atoms with Gasteiger partial charge in [-0.25, -0.2) is 0 Å². The molecule has 3 aliphatic rings. The average molecular weight is 463 g/mol. The lowest BCUT2D eigenvalue weighted by molar-refractivity contribution is -0.0634. The van der Waals surface area contributed by atoms with Crippen molar-refractivity contribution in [2.75, 3.05) is 0 Å². The minimum Gasteiger partial charge on any atom is -0.0683 e. The number of rotatable bonds is 4. The van der Waals surface area contributed by atoms with Crippen LogP contribution in [0.1, 0.15) is 154 Å². The molecule has 0 amide bonds. The zero-order chi connectivity index (χ0) is 25.4. The monoisotopic (exact) mass is 463 g/mol. The topological polar surface area (TPSA) is 0 Å². The van der Waals surface area contributed by atoms with E-state index in [0.717, 1.165) is 47.3 Å². The van der Waals surface area contributed by atoms with Crippen LogP contribution in [0.5, 0.6) is 0 Å². The van der Waals surface area contributed by atoms with Crippen LogP contribution in [0, 0.1) is 58.2 Å². The molecule has 0 aromatic rings. The molecule has 198 valence electrons. The van der Waals surface area contributed by atoms with Gasteiger partial charge in [-0.05, 0) is 103 Å². The van der Waals surface area contributed by atoms with Crippen LogP contribution in [-0.4, -0.2) is 0 Å². The molecular weight excluding hydrogens is 396 g/mol. The molecule has 0 aliphatic heterocycles. The van der Waals surface area contributed by atoms with Crippen molar-refractivity contribution in [3.63, 3.8) is 0 Å². The van der Waals surface area contributed by atoms with Crippen molar-refractivity contribution in [2.24, 2.45) is 58.2 Å². The van der Waals surface area contributed by atoms with E-state index in [-0.39, 0.29) is 0 Å². The second-order valence-electron chi connectivity index (χ2n) is 14.0. The number of fused-ring (bicyclic) bond motifs is 3. The molecule has 8 unspecified atom stereocenters. The first-order valence-corrected chi connectivity index (χ1v) is 15.4. The Morgan fingerprint density at radius 3 is 1.97 bits per heavy atom. The van der Waals surface area contributed by atoms with Crippen molar-refractivity contribution in [2.45, 2.75) is 154 Å². The SMILES string of the molecule is CC.CC1CCC2(C)C(CCC3CCCC(C)(C)CCC32)C1.CCC(C)C(C)C(C)C(C)C. The van der Waals surface area contributed by atoms with Crippen LogP contribution in [0.4, 0.5) is 0 Å². The van der Waals surface area contributed by atoms with Crippen molar-refractivity contribution in [1.29, 1.82) is 0 Å². The van der Waals surface area contributed by atoms with E-state index in [0.29, 0.717) is 10.8 Å². The van der Waals surface area contributed by atoms with E-state index in [2.05, 4.69) is 69.2 Å². The van der Waals surface area contributed by atoms with Gasteiger partial charge < -0.3 is 0 Å². The Bertz CT molecular complexity index is 516. The number of hydrogen-bond donors (Lipinski definition) is 0. The fourth-order valence-electron chi connectivity index (χ4n) is 7.65. The highest BCUT2D eigenvalue weighted by atomic mass is 14.5. The zero-order valence-corrected chi connectivity index (χ0v) is 25.4. The Kier molecular flexibility index (Phi) is 13.1. The predicted molar refractivity (Wildman–Crippen MR) is 152 cm³/mol. The molecule has 0 saturated heterocycles. The molecule has 0 radical (unpaired) electrons. The third-order valence-electron chi connectivity index (χ3n) is 11.1. The summed E-state index contributed by atoms with van der Waals surface area (Å²) >= 11 is 0. The van der Waals surface area contributed by atoms with Gasteiger partial charge in [-0.3, -0.25) is 0 Å². The average Bonchev–Trinajstić information content (AvgIpc) is 2.77. The van der Waals surface area contributed by atoms with E-state index in [1.165, 1.54) is 57.8 Å². The molecule has 3 rings (SSSR count). The molecule has 0 heterocycles. The van der Waals surface area contributed by atoms with Gasteiger partial charge in [-0.2, -0.15) is 0 Å². The Morgan fingerprint density at radius 1 is 0.758 bits per heavy atom. The van der Waals surface area contributed by atoms with Crippen molar-refractivity contribution in [3.8, 4) is 0 Å². The summed E-state index contributed by atoms with van der Waals surface area (Å²) in [5.41, 5.74) is 1.30. The Hall–Kier alpha value is 0. The highest BCUT2D eigenvalue weighted by molar-refractivity contribution is 5.00. The molecule has 33 heavy (non-hydrogen) atoms. The fourth-order valence-corrected chi connectivity index (χ4v) is 7.65. The highest BCUT2D eigenvalue weighted by Crippen LogP contribution is 2.59. The third-order valence-corrected chi connectivity index (χ3v) is 11.1. The lowest BCUT2D eigenvalue weighted by atomic mass is 9.49. The number of hydrogen-bond acceptors (Lipinski definition) is 0. The van der Waals surface area contributed by atoms with Crippen molar-refractivity contribution >= 4 is 0 Å². The van der Waals surface area contributed by atoms with Gasteiger partial charge in [0.1, 0.15) is 0 Å². The van der Waals surface area contributed by atoms with Gasteiger partial charge >= 0.3 is 0 Å². The van der Waals surface area contributed by atoms with E-state index < -0.39 is 0 Å². The van der Waals surface area contributed by atoms with Gasteiger partial charge in [-0.15, -0.1) is 0 Å². The van der Waals surface area contributed by atoms with E-state index >= 15 is 0 Å². The first-order chi connectivity index (χ1) is 15.4. The maximum Gasteiger partial charge on any atom is -0.0266 e. The van der Waals surface area contributed by atoms with Gasteiger partial charge in [0.25, 0.3) is 0 Å². The highest BCUT2D eigenvalue weighted by Gasteiger charge is 2.50. The molecule has 0 heteroatoms. The van der Waals surface area contributed by atoms with Crippen LogP contribution >= 0.6 is 0 Å². The van der Waals surface area contributed by atoms with Crippen molar-refractivity contribution in [3.05, 3.63) is 0 Å². The van der Waals surface area contributed by atoms with E-state index in [1.807, 2.05) is 13.8 Å². The Labute approximate surface area is 211 Å². The molecule has 0 N–H and O–H groups in total. The van der Waals surface area contributed by atoms with Gasteiger partial charge in [0, 0.05) is 0 Å². The zero-order valence-electron chi connectivity index (χ0n) is 25.4. The quantitative estimate of drug-likeness (QED) is 0.389. The van der Waals surface area contributed by atoms with Crippen LogP contribution in [-0.2, 0) is 0 Å². The van der Waals surface area contributed by atoms with Gasteiger partial charge in [0.2, 0.25) is 0 Å². The first-order valence-electron chi connectivity index (χ1n) is 15.4. The summed E-state index contributed by atoms with van der Waals surface area (Å²) in [6.45, 7) is 28.3. The molecule has 0 aromatic heterocycles. The molecule has 3 fully saturated rings. The molecule has 0 spiro atoms. The summed E-state index contributed by atoms with van der Waals surface area (Å²) in [6, 6.07) is 0. The normalized spacial score (nSPS) is 36.3. The molecular formula is C33H66. The van der Waals surface area contributed by atoms with Crippen LogP contribution in [0.25, 0.3) is 0 Å². The smallest absolute Gasteiger partial charge is 0.0266 e. The minimum atomic E-state index is 0.607. The fraction of sp³-hybridized carbons (Fsp3) is 1.00.